The third-order valence-electron chi connectivity index (χ3n) is 4.68. The van der Waals surface area contributed by atoms with Gasteiger partial charge in [0.05, 0.1) is 17.4 Å². The minimum atomic E-state index is 0.0125. The first-order valence-corrected chi connectivity index (χ1v) is 9.30. The van der Waals surface area contributed by atoms with Crippen LogP contribution in [0.3, 0.4) is 0 Å². The number of carbonyl (C=O) groups is 1. The van der Waals surface area contributed by atoms with Gasteiger partial charge < -0.3 is 9.80 Å². The quantitative estimate of drug-likeness (QED) is 0.646. The number of benzene rings is 2. The van der Waals surface area contributed by atoms with E-state index < -0.39 is 0 Å². The topological polar surface area (TPSA) is 41.4 Å². The van der Waals surface area contributed by atoms with Crippen molar-refractivity contribution in [2.24, 2.45) is 0 Å². The van der Waals surface area contributed by atoms with E-state index in [1.807, 2.05) is 41.3 Å². The minimum absolute atomic E-state index is 0.0125. The zero-order valence-electron chi connectivity index (χ0n) is 14.5. The maximum absolute atomic E-state index is 13.0. The number of nitrogens with zero attached hydrogens (tertiary/aromatic N) is 4. The van der Waals surface area contributed by atoms with Crippen LogP contribution in [-0.4, -0.2) is 40.7 Å². The number of likely N-dealkylation sites (N-methyl/N-ethyl adjacent to an activating group) is 1. The van der Waals surface area contributed by atoms with E-state index in [9.17, 15) is 4.79 Å². The Morgan fingerprint density at radius 2 is 1.85 bits per heavy atom. The van der Waals surface area contributed by atoms with E-state index >= 15 is 0 Å². The molecule has 0 aliphatic carbocycles. The zero-order valence-corrected chi connectivity index (χ0v) is 16.1. The zero-order chi connectivity index (χ0) is 18.1. The van der Waals surface area contributed by atoms with E-state index in [0.29, 0.717) is 18.7 Å². The van der Waals surface area contributed by atoms with Gasteiger partial charge in [0.2, 0.25) is 0 Å². The molecule has 0 saturated heterocycles. The largest absolute Gasteiger partial charge is 0.373 e. The van der Waals surface area contributed by atoms with Crippen LogP contribution in [0, 0.1) is 0 Å². The summed E-state index contributed by atoms with van der Waals surface area (Å²) < 4.78 is 2.74. The van der Waals surface area contributed by atoms with Gasteiger partial charge in [-0.05, 0) is 35.9 Å². The molecule has 0 spiro atoms. The van der Waals surface area contributed by atoms with Crippen LogP contribution < -0.4 is 4.90 Å². The van der Waals surface area contributed by atoms with Crippen molar-refractivity contribution >= 4 is 27.5 Å². The van der Waals surface area contributed by atoms with Gasteiger partial charge in [0.15, 0.2) is 0 Å². The summed E-state index contributed by atoms with van der Waals surface area (Å²) in [7, 11) is 2.07. The van der Waals surface area contributed by atoms with Crippen molar-refractivity contribution in [3.8, 4) is 5.69 Å². The Bertz CT molecular complexity index is 935. The summed E-state index contributed by atoms with van der Waals surface area (Å²) in [5, 5.41) is 4.36. The lowest BCUT2D eigenvalue weighted by molar-refractivity contribution is 0.0752. The van der Waals surface area contributed by atoms with Crippen molar-refractivity contribution < 1.29 is 4.79 Å². The summed E-state index contributed by atoms with van der Waals surface area (Å²) in [6.07, 6.45) is 3.44. The predicted octanol–water partition coefficient (Wildman–Crippen LogP) is 3.73. The van der Waals surface area contributed by atoms with Gasteiger partial charge in [-0.1, -0.05) is 34.1 Å². The number of fused-ring (bicyclic) bond motifs is 1. The molecule has 26 heavy (non-hydrogen) atoms. The SMILES string of the molecule is CN1CCN(C(=O)c2cnn(-c3ccc(Br)cc3)c2)Cc2ccccc21. The van der Waals surface area contributed by atoms with Crippen LogP contribution in [0.25, 0.3) is 5.69 Å². The summed E-state index contributed by atoms with van der Waals surface area (Å²) in [5.74, 6) is 0.0125. The number of rotatable bonds is 2. The Morgan fingerprint density at radius 3 is 2.65 bits per heavy atom. The van der Waals surface area contributed by atoms with Crippen molar-refractivity contribution in [3.05, 3.63) is 76.5 Å². The van der Waals surface area contributed by atoms with Crippen molar-refractivity contribution in [3.63, 3.8) is 0 Å². The summed E-state index contributed by atoms with van der Waals surface area (Å²) in [4.78, 5) is 17.1. The fourth-order valence-electron chi connectivity index (χ4n) is 3.22. The number of hydrogen-bond acceptors (Lipinski definition) is 3. The normalized spacial score (nSPS) is 14.1. The molecular formula is C20H19BrN4O. The molecule has 0 N–H and O–H groups in total. The number of hydrogen-bond donors (Lipinski definition) is 0. The highest BCUT2D eigenvalue weighted by Crippen LogP contribution is 2.24. The fraction of sp³-hybridized carbons (Fsp3) is 0.200. The van der Waals surface area contributed by atoms with E-state index in [1.165, 1.54) is 11.3 Å². The number of halogens is 1. The maximum atomic E-state index is 13.0. The average molecular weight is 411 g/mol. The van der Waals surface area contributed by atoms with Gasteiger partial charge >= 0.3 is 0 Å². The van der Waals surface area contributed by atoms with Crippen LogP contribution in [0.4, 0.5) is 5.69 Å². The van der Waals surface area contributed by atoms with Crippen LogP contribution in [0.15, 0.2) is 65.4 Å². The molecule has 4 rings (SSSR count). The highest BCUT2D eigenvalue weighted by molar-refractivity contribution is 9.10. The Balaban J connectivity index is 1.57. The van der Waals surface area contributed by atoms with Gasteiger partial charge in [0.1, 0.15) is 0 Å². The van der Waals surface area contributed by atoms with E-state index in [-0.39, 0.29) is 5.91 Å². The second-order valence-electron chi connectivity index (χ2n) is 6.43. The van der Waals surface area contributed by atoms with E-state index in [1.54, 1.807) is 17.1 Å². The monoisotopic (exact) mass is 410 g/mol. The molecular weight excluding hydrogens is 392 g/mol. The first-order valence-electron chi connectivity index (χ1n) is 8.51. The molecule has 1 aromatic heterocycles. The second-order valence-corrected chi connectivity index (χ2v) is 7.34. The Kier molecular flexibility index (Phi) is 4.51. The summed E-state index contributed by atoms with van der Waals surface area (Å²) in [5.41, 5.74) is 3.89. The van der Waals surface area contributed by atoms with Gasteiger partial charge in [-0.3, -0.25) is 4.79 Å². The highest BCUT2D eigenvalue weighted by atomic mass is 79.9. The molecule has 0 fully saturated rings. The van der Waals surface area contributed by atoms with Crippen LogP contribution >= 0.6 is 15.9 Å². The third kappa shape index (κ3) is 3.24. The van der Waals surface area contributed by atoms with Crippen molar-refractivity contribution in [1.82, 2.24) is 14.7 Å². The van der Waals surface area contributed by atoms with Crippen LogP contribution in [0.1, 0.15) is 15.9 Å². The molecule has 6 heteroatoms. The summed E-state index contributed by atoms with van der Waals surface area (Å²) >= 11 is 3.43. The Labute approximate surface area is 161 Å². The summed E-state index contributed by atoms with van der Waals surface area (Å²) in [6, 6.07) is 16.1. The van der Waals surface area contributed by atoms with Crippen LogP contribution in [0.2, 0.25) is 0 Å². The molecule has 132 valence electrons. The Hall–Kier alpha value is -2.60. The smallest absolute Gasteiger partial charge is 0.257 e. The number of aromatic nitrogens is 2. The molecule has 0 unspecified atom stereocenters. The highest BCUT2D eigenvalue weighted by Gasteiger charge is 2.23. The number of amides is 1. The average Bonchev–Trinajstić information content (AvgIpc) is 3.08. The first-order chi connectivity index (χ1) is 12.6. The lowest BCUT2D eigenvalue weighted by Crippen LogP contribution is -2.34. The lowest BCUT2D eigenvalue weighted by Gasteiger charge is -2.20. The van der Waals surface area contributed by atoms with Gasteiger partial charge in [-0.2, -0.15) is 5.10 Å². The minimum Gasteiger partial charge on any atom is -0.373 e. The summed E-state index contributed by atoms with van der Waals surface area (Å²) in [6.45, 7) is 2.11. The fourth-order valence-corrected chi connectivity index (χ4v) is 3.48. The molecule has 5 nitrogen and oxygen atoms in total. The molecule has 2 aromatic carbocycles. The molecule has 0 atom stereocenters. The van der Waals surface area contributed by atoms with Gasteiger partial charge in [-0.25, -0.2) is 4.68 Å². The van der Waals surface area contributed by atoms with Crippen molar-refractivity contribution in [1.29, 1.82) is 0 Å². The molecule has 1 aliphatic heterocycles. The molecule has 1 aliphatic rings. The van der Waals surface area contributed by atoms with Crippen molar-refractivity contribution in [2.45, 2.75) is 6.54 Å². The molecule has 2 heterocycles. The van der Waals surface area contributed by atoms with Gasteiger partial charge in [0.25, 0.3) is 5.91 Å². The molecule has 0 bridgehead atoms. The first kappa shape index (κ1) is 16.8. The second kappa shape index (κ2) is 6.96. The molecule has 1 amide bonds. The number of anilines is 1. The molecule has 3 aromatic rings. The van der Waals surface area contributed by atoms with Crippen LogP contribution in [0.5, 0.6) is 0 Å². The molecule has 0 radical (unpaired) electrons. The van der Waals surface area contributed by atoms with Crippen molar-refractivity contribution in [2.75, 3.05) is 25.0 Å². The van der Waals surface area contributed by atoms with Crippen LogP contribution in [-0.2, 0) is 6.54 Å². The lowest BCUT2D eigenvalue weighted by atomic mass is 10.1. The standard InChI is InChI=1S/C20H19BrN4O/c1-23-10-11-24(13-15-4-2-3-5-19(15)23)20(26)16-12-22-25(14-16)18-8-6-17(21)7-9-18/h2-9,12,14H,10-11,13H2,1H3. The maximum Gasteiger partial charge on any atom is 0.257 e. The van der Waals surface area contributed by atoms with Gasteiger partial charge in [-0.15, -0.1) is 0 Å². The van der Waals surface area contributed by atoms with E-state index in [0.717, 1.165) is 16.7 Å². The predicted molar refractivity (Wildman–Crippen MR) is 106 cm³/mol. The Morgan fingerprint density at radius 1 is 1.08 bits per heavy atom. The number of carbonyl (C=O) groups excluding carboxylic acids is 1. The third-order valence-corrected chi connectivity index (χ3v) is 5.21. The van der Waals surface area contributed by atoms with Gasteiger partial charge in [0, 0.05) is 43.0 Å². The van der Waals surface area contributed by atoms with E-state index in [2.05, 4.69) is 45.1 Å². The molecule has 0 saturated carbocycles. The number of para-hydroxylation sites is 1. The van der Waals surface area contributed by atoms with E-state index in [4.69, 9.17) is 0 Å².